The Balaban J connectivity index is 1.63. The molecule has 0 saturated heterocycles. The number of aryl methyl sites for hydroxylation is 1. The van der Waals surface area contributed by atoms with Crippen molar-refractivity contribution in [3.05, 3.63) is 45.2 Å². The number of benzene rings is 1. The molecule has 28 heavy (non-hydrogen) atoms. The lowest BCUT2D eigenvalue weighted by Crippen LogP contribution is -2.44. The first-order valence-corrected chi connectivity index (χ1v) is 10.5. The van der Waals surface area contributed by atoms with Gasteiger partial charge < -0.3 is 14.5 Å². The summed E-state index contributed by atoms with van der Waals surface area (Å²) in [5.74, 6) is 2.61. The van der Waals surface area contributed by atoms with Gasteiger partial charge in [0.05, 0.1) is 25.5 Å². The SMILES string of the molecule is Cc1cn2c(cc1=O)-c1c(cc(OCCC3CC3)c3c1CCO3)CN2C(C)C. The van der Waals surface area contributed by atoms with E-state index in [1.165, 1.54) is 24.0 Å². The number of hydrogen-bond acceptors (Lipinski definition) is 4. The first-order chi connectivity index (χ1) is 13.5. The highest BCUT2D eigenvalue weighted by molar-refractivity contribution is 5.77. The van der Waals surface area contributed by atoms with Gasteiger partial charge in [-0.3, -0.25) is 9.47 Å². The minimum absolute atomic E-state index is 0.0835. The highest BCUT2D eigenvalue weighted by atomic mass is 16.5. The molecule has 5 rings (SSSR count). The minimum atomic E-state index is 0.0835. The predicted octanol–water partition coefficient (Wildman–Crippen LogP) is 3.80. The molecule has 0 N–H and O–H groups in total. The zero-order valence-corrected chi connectivity index (χ0v) is 17.0. The number of ether oxygens (including phenoxy) is 2. The van der Waals surface area contributed by atoms with Crippen LogP contribution in [0.3, 0.4) is 0 Å². The Bertz CT molecular complexity index is 988. The summed E-state index contributed by atoms with van der Waals surface area (Å²) >= 11 is 0. The first-order valence-electron chi connectivity index (χ1n) is 10.5. The third kappa shape index (κ3) is 2.88. The van der Waals surface area contributed by atoms with Gasteiger partial charge in [-0.15, -0.1) is 0 Å². The van der Waals surface area contributed by atoms with Crippen molar-refractivity contribution in [1.29, 1.82) is 0 Å². The first kappa shape index (κ1) is 17.7. The Morgan fingerprint density at radius 1 is 1.29 bits per heavy atom. The van der Waals surface area contributed by atoms with Gasteiger partial charge in [0.15, 0.2) is 16.9 Å². The molecule has 0 radical (unpaired) electrons. The highest BCUT2D eigenvalue weighted by Crippen LogP contribution is 2.46. The maximum absolute atomic E-state index is 12.5. The van der Waals surface area contributed by atoms with E-state index in [4.69, 9.17) is 9.47 Å². The van der Waals surface area contributed by atoms with Crippen molar-refractivity contribution in [3.63, 3.8) is 0 Å². The summed E-state index contributed by atoms with van der Waals surface area (Å²) in [7, 11) is 0. The molecule has 148 valence electrons. The molecule has 0 spiro atoms. The van der Waals surface area contributed by atoms with E-state index in [1.807, 2.05) is 13.1 Å². The van der Waals surface area contributed by atoms with Crippen LogP contribution in [-0.4, -0.2) is 23.9 Å². The van der Waals surface area contributed by atoms with E-state index in [2.05, 4.69) is 29.6 Å². The normalized spacial score (nSPS) is 17.2. The molecule has 0 amide bonds. The fourth-order valence-electron chi connectivity index (χ4n) is 4.40. The number of nitrogens with zero attached hydrogens (tertiary/aromatic N) is 2. The van der Waals surface area contributed by atoms with Crippen molar-refractivity contribution in [3.8, 4) is 22.8 Å². The predicted molar refractivity (Wildman–Crippen MR) is 110 cm³/mol. The van der Waals surface area contributed by atoms with E-state index in [9.17, 15) is 4.79 Å². The Morgan fingerprint density at radius 3 is 2.86 bits per heavy atom. The van der Waals surface area contributed by atoms with Gasteiger partial charge in [0.2, 0.25) is 0 Å². The number of pyridine rings is 1. The fraction of sp³-hybridized carbons (Fsp3) is 0.522. The summed E-state index contributed by atoms with van der Waals surface area (Å²) in [6.45, 7) is 8.48. The molecular formula is C23H28N2O3. The van der Waals surface area contributed by atoms with E-state index < -0.39 is 0 Å². The molecular weight excluding hydrogens is 352 g/mol. The average molecular weight is 380 g/mol. The number of hydrogen-bond donors (Lipinski definition) is 0. The van der Waals surface area contributed by atoms with E-state index >= 15 is 0 Å². The van der Waals surface area contributed by atoms with Crippen LogP contribution < -0.4 is 19.9 Å². The monoisotopic (exact) mass is 380 g/mol. The molecule has 2 aliphatic heterocycles. The Kier molecular flexibility index (Phi) is 4.14. The zero-order chi connectivity index (χ0) is 19.4. The van der Waals surface area contributed by atoms with Crippen LogP contribution in [0.25, 0.3) is 11.3 Å². The van der Waals surface area contributed by atoms with E-state index in [0.29, 0.717) is 12.6 Å². The quantitative estimate of drug-likeness (QED) is 0.791. The lowest BCUT2D eigenvalue weighted by Gasteiger charge is -2.39. The zero-order valence-electron chi connectivity index (χ0n) is 17.0. The third-order valence-electron chi connectivity index (χ3n) is 6.19. The molecule has 3 aliphatic rings. The van der Waals surface area contributed by atoms with E-state index in [0.717, 1.165) is 60.2 Å². The van der Waals surface area contributed by atoms with Crippen LogP contribution in [0.15, 0.2) is 23.1 Å². The van der Waals surface area contributed by atoms with Gasteiger partial charge in [-0.1, -0.05) is 12.8 Å². The summed E-state index contributed by atoms with van der Waals surface area (Å²) < 4.78 is 14.3. The second-order valence-electron chi connectivity index (χ2n) is 8.64. The van der Waals surface area contributed by atoms with Crippen molar-refractivity contribution in [2.24, 2.45) is 5.92 Å². The Labute approximate surface area is 165 Å². The standard InChI is InChI=1S/C23H28N2O3/c1-14(2)24-13-17-10-21(27-8-6-16-4-5-16)23-18(7-9-28-23)22(17)19-11-20(26)15(3)12-25(19)24/h10-12,14,16H,4-9,13H2,1-3H3. The minimum Gasteiger partial charge on any atom is -0.490 e. The summed E-state index contributed by atoms with van der Waals surface area (Å²) in [5.41, 5.74) is 5.40. The molecule has 0 unspecified atom stereocenters. The average Bonchev–Trinajstić information content (AvgIpc) is 3.35. The van der Waals surface area contributed by atoms with Crippen molar-refractivity contribution >= 4 is 0 Å². The van der Waals surface area contributed by atoms with Gasteiger partial charge in [0, 0.05) is 41.4 Å². The smallest absolute Gasteiger partial charge is 0.185 e. The van der Waals surface area contributed by atoms with Gasteiger partial charge >= 0.3 is 0 Å². The molecule has 1 aromatic heterocycles. The van der Waals surface area contributed by atoms with E-state index in [1.54, 1.807) is 6.07 Å². The fourth-order valence-corrected chi connectivity index (χ4v) is 4.40. The summed E-state index contributed by atoms with van der Waals surface area (Å²) in [5, 5.41) is 2.31. The number of rotatable bonds is 5. The summed E-state index contributed by atoms with van der Waals surface area (Å²) in [4.78, 5) is 12.5. The van der Waals surface area contributed by atoms with E-state index in [-0.39, 0.29) is 5.43 Å². The molecule has 0 atom stereocenters. The van der Waals surface area contributed by atoms with Crippen LogP contribution in [0.2, 0.25) is 0 Å². The maximum atomic E-state index is 12.5. The van der Waals surface area contributed by atoms with Crippen LogP contribution in [0.4, 0.5) is 0 Å². The van der Waals surface area contributed by atoms with Crippen molar-refractivity contribution in [1.82, 2.24) is 4.68 Å². The van der Waals surface area contributed by atoms with Gasteiger partial charge in [-0.05, 0) is 44.7 Å². The molecule has 5 heteroatoms. The van der Waals surface area contributed by atoms with Crippen LogP contribution in [0.1, 0.15) is 49.8 Å². The van der Waals surface area contributed by atoms with Crippen LogP contribution in [0.5, 0.6) is 11.5 Å². The highest BCUT2D eigenvalue weighted by Gasteiger charge is 2.32. The Hall–Kier alpha value is -2.43. The second kappa shape index (κ2) is 6.57. The lowest BCUT2D eigenvalue weighted by molar-refractivity contribution is 0.276. The molecule has 2 aromatic rings. The maximum Gasteiger partial charge on any atom is 0.185 e. The van der Waals surface area contributed by atoms with Crippen LogP contribution >= 0.6 is 0 Å². The number of aromatic nitrogens is 1. The van der Waals surface area contributed by atoms with Gasteiger partial charge in [-0.2, -0.15) is 0 Å². The molecule has 0 bridgehead atoms. The molecule has 3 heterocycles. The van der Waals surface area contributed by atoms with Crippen molar-refractivity contribution in [2.45, 2.75) is 59.0 Å². The molecule has 1 aromatic carbocycles. The van der Waals surface area contributed by atoms with Gasteiger partial charge in [0.1, 0.15) is 0 Å². The summed E-state index contributed by atoms with van der Waals surface area (Å²) in [6, 6.07) is 4.25. The lowest BCUT2D eigenvalue weighted by atomic mass is 9.93. The molecule has 1 fully saturated rings. The summed E-state index contributed by atoms with van der Waals surface area (Å²) in [6.07, 6.45) is 6.65. The second-order valence-corrected chi connectivity index (χ2v) is 8.64. The van der Waals surface area contributed by atoms with Crippen LogP contribution in [-0.2, 0) is 13.0 Å². The largest absolute Gasteiger partial charge is 0.490 e. The third-order valence-corrected chi connectivity index (χ3v) is 6.19. The van der Waals surface area contributed by atoms with Crippen LogP contribution in [0, 0.1) is 12.8 Å². The Morgan fingerprint density at radius 2 is 2.11 bits per heavy atom. The molecule has 5 nitrogen and oxygen atoms in total. The van der Waals surface area contributed by atoms with Gasteiger partial charge in [-0.25, -0.2) is 0 Å². The van der Waals surface area contributed by atoms with Gasteiger partial charge in [0.25, 0.3) is 0 Å². The molecule has 1 saturated carbocycles. The topological polar surface area (TPSA) is 43.7 Å². The van der Waals surface area contributed by atoms with Crippen molar-refractivity contribution in [2.75, 3.05) is 18.2 Å². The van der Waals surface area contributed by atoms with Crippen molar-refractivity contribution < 1.29 is 9.47 Å². The number of fused-ring (bicyclic) bond motifs is 5. The molecule has 1 aliphatic carbocycles.